The highest BCUT2D eigenvalue weighted by Gasteiger charge is 2.03. The van der Waals surface area contributed by atoms with Crippen LogP contribution in [0.1, 0.15) is 11.1 Å². The fourth-order valence-corrected chi connectivity index (χ4v) is 2.14. The lowest BCUT2D eigenvalue weighted by molar-refractivity contribution is 0.251. The molecule has 0 bridgehead atoms. The molecule has 0 aliphatic carbocycles. The Balaban J connectivity index is 1.56. The van der Waals surface area contributed by atoms with E-state index in [0.29, 0.717) is 17.8 Å². The van der Waals surface area contributed by atoms with E-state index < -0.39 is 0 Å². The first-order chi connectivity index (χ1) is 11.7. The molecule has 0 spiro atoms. The van der Waals surface area contributed by atoms with Gasteiger partial charge >= 0.3 is 6.03 Å². The minimum atomic E-state index is -0.317. The third-order valence-corrected chi connectivity index (χ3v) is 3.28. The van der Waals surface area contributed by atoms with Gasteiger partial charge < -0.3 is 10.6 Å². The van der Waals surface area contributed by atoms with Gasteiger partial charge in [0.2, 0.25) is 0 Å². The second-order valence-corrected chi connectivity index (χ2v) is 4.99. The van der Waals surface area contributed by atoms with Crippen LogP contribution in [0.15, 0.2) is 60.9 Å². The fraction of sp³-hybridized carbons (Fsp3) is 0.0588. The third kappa shape index (κ3) is 3.75. The summed E-state index contributed by atoms with van der Waals surface area (Å²) < 4.78 is 0. The monoisotopic (exact) mass is 318 g/mol. The number of carbonyl (C=O) groups is 1. The van der Waals surface area contributed by atoms with E-state index in [1.54, 1.807) is 42.7 Å². The summed E-state index contributed by atoms with van der Waals surface area (Å²) in [5.41, 5.74) is 2.90. The van der Waals surface area contributed by atoms with Crippen molar-refractivity contribution >= 4 is 11.7 Å². The molecule has 24 heavy (non-hydrogen) atoms. The predicted molar refractivity (Wildman–Crippen MR) is 88.4 cm³/mol. The van der Waals surface area contributed by atoms with Gasteiger partial charge in [-0.2, -0.15) is 20.3 Å². The van der Waals surface area contributed by atoms with Crippen LogP contribution in [-0.4, -0.2) is 21.0 Å². The van der Waals surface area contributed by atoms with E-state index in [1.807, 2.05) is 18.2 Å². The van der Waals surface area contributed by atoms with Crippen molar-refractivity contribution in [3.63, 3.8) is 0 Å². The average Bonchev–Trinajstić information content (AvgIpc) is 3.15. The van der Waals surface area contributed by atoms with Crippen LogP contribution in [0.4, 0.5) is 10.5 Å². The smallest absolute Gasteiger partial charge is 0.319 e. The maximum Gasteiger partial charge on any atom is 0.319 e. The maximum atomic E-state index is 11.9. The molecular formula is C17H14N6O. The van der Waals surface area contributed by atoms with Crippen LogP contribution in [0.5, 0.6) is 0 Å². The Morgan fingerprint density at radius 3 is 2.58 bits per heavy atom. The molecule has 118 valence electrons. The Hall–Kier alpha value is -3.66. The molecule has 0 atom stereocenters. The number of nitrogens with one attached hydrogen (secondary N) is 2. The molecule has 2 amide bonds. The molecule has 0 aliphatic heterocycles. The largest absolute Gasteiger partial charge is 0.334 e. The topological polar surface area (TPSA) is 95.6 Å². The number of nitrogens with zero attached hydrogens (tertiary/aromatic N) is 4. The van der Waals surface area contributed by atoms with Gasteiger partial charge in [0.1, 0.15) is 0 Å². The van der Waals surface area contributed by atoms with Crippen molar-refractivity contribution in [3.8, 4) is 11.8 Å². The standard InChI is InChI=1S/C17H14N6O/c18-11-13-2-1-3-14(10-13)12-19-17(24)22-15-4-6-16(7-5-15)23-20-8-9-21-23/h1-10H,12H2,(H2,19,22,24). The first-order valence-corrected chi connectivity index (χ1v) is 7.25. The van der Waals surface area contributed by atoms with Gasteiger partial charge in [0, 0.05) is 12.2 Å². The first kappa shape index (κ1) is 15.2. The van der Waals surface area contributed by atoms with E-state index in [2.05, 4.69) is 26.9 Å². The summed E-state index contributed by atoms with van der Waals surface area (Å²) in [6.07, 6.45) is 3.20. The summed E-state index contributed by atoms with van der Waals surface area (Å²) in [5, 5.41) is 22.4. The Bertz CT molecular complexity index is 865. The summed E-state index contributed by atoms with van der Waals surface area (Å²) in [6.45, 7) is 0.344. The van der Waals surface area contributed by atoms with E-state index in [9.17, 15) is 4.79 Å². The zero-order valence-electron chi connectivity index (χ0n) is 12.7. The van der Waals surface area contributed by atoms with E-state index in [-0.39, 0.29) is 6.03 Å². The lowest BCUT2D eigenvalue weighted by Crippen LogP contribution is -2.28. The van der Waals surface area contributed by atoms with Gasteiger partial charge in [-0.05, 0) is 42.0 Å². The van der Waals surface area contributed by atoms with Crippen LogP contribution in [0.3, 0.4) is 0 Å². The highest BCUT2D eigenvalue weighted by atomic mass is 16.2. The van der Waals surface area contributed by atoms with E-state index in [4.69, 9.17) is 5.26 Å². The van der Waals surface area contributed by atoms with Gasteiger partial charge in [-0.3, -0.25) is 0 Å². The van der Waals surface area contributed by atoms with E-state index >= 15 is 0 Å². The molecule has 2 N–H and O–H groups in total. The van der Waals surface area contributed by atoms with E-state index in [0.717, 1.165) is 11.3 Å². The van der Waals surface area contributed by atoms with Crippen LogP contribution in [0.25, 0.3) is 5.69 Å². The minimum Gasteiger partial charge on any atom is -0.334 e. The van der Waals surface area contributed by atoms with Gasteiger partial charge in [0.05, 0.1) is 29.7 Å². The maximum absolute atomic E-state index is 11.9. The fourth-order valence-electron chi connectivity index (χ4n) is 2.14. The SMILES string of the molecule is N#Cc1cccc(CNC(=O)Nc2ccc(-n3nccn3)cc2)c1. The van der Waals surface area contributed by atoms with Crippen LogP contribution in [0, 0.1) is 11.3 Å². The number of rotatable bonds is 4. The lowest BCUT2D eigenvalue weighted by atomic mass is 10.1. The van der Waals surface area contributed by atoms with Gasteiger partial charge in [0.15, 0.2) is 0 Å². The zero-order valence-corrected chi connectivity index (χ0v) is 12.7. The lowest BCUT2D eigenvalue weighted by Gasteiger charge is -2.08. The molecule has 0 saturated carbocycles. The zero-order chi connectivity index (χ0) is 16.8. The molecule has 7 nitrogen and oxygen atoms in total. The second-order valence-electron chi connectivity index (χ2n) is 4.99. The average molecular weight is 318 g/mol. The van der Waals surface area contributed by atoms with Crippen molar-refractivity contribution < 1.29 is 4.79 Å². The number of carbonyl (C=O) groups excluding carboxylic acids is 1. The number of aromatic nitrogens is 3. The third-order valence-electron chi connectivity index (χ3n) is 3.28. The van der Waals surface area contributed by atoms with Crippen molar-refractivity contribution in [2.24, 2.45) is 0 Å². The molecule has 2 aromatic carbocycles. The Kier molecular flexibility index (Phi) is 4.49. The molecule has 0 fully saturated rings. The first-order valence-electron chi connectivity index (χ1n) is 7.25. The van der Waals surface area contributed by atoms with Crippen molar-refractivity contribution in [3.05, 3.63) is 72.1 Å². The normalized spacial score (nSPS) is 9.96. The van der Waals surface area contributed by atoms with Gasteiger partial charge in [-0.15, -0.1) is 0 Å². The number of hydrogen-bond donors (Lipinski definition) is 2. The number of anilines is 1. The van der Waals surface area contributed by atoms with Gasteiger partial charge in [0.25, 0.3) is 0 Å². The van der Waals surface area contributed by atoms with Crippen molar-refractivity contribution in [2.45, 2.75) is 6.54 Å². The molecule has 0 aliphatic rings. The van der Waals surface area contributed by atoms with Gasteiger partial charge in [-0.1, -0.05) is 12.1 Å². The van der Waals surface area contributed by atoms with E-state index in [1.165, 1.54) is 4.80 Å². The molecule has 1 heterocycles. The van der Waals surface area contributed by atoms with Gasteiger partial charge in [-0.25, -0.2) is 4.79 Å². The summed E-state index contributed by atoms with van der Waals surface area (Å²) in [7, 11) is 0. The van der Waals surface area contributed by atoms with Crippen LogP contribution in [-0.2, 0) is 6.54 Å². The summed E-state index contributed by atoms with van der Waals surface area (Å²) >= 11 is 0. The minimum absolute atomic E-state index is 0.317. The molecule has 7 heteroatoms. The highest BCUT2D eigenvalue weighted by molar-refractivity contribution is 5.89. The van der Waals surface area contributed by atoms with Crippen molar-refractivity contribution in [1.29, 1.82) is 5.26 Å². The molecule has 0 unspecified atom stereocenters. The number of nitriles is 1. The second kappa shape index (κ2) is 7.07. The molecular weight excluding hydrogens is 304 g/mol. The van der Waals surface area contributed by atoms with Crippen molar-refractivity contribution in [2.75, 3.05) is 5.32 Å². The molecule has 3 rings (SSSR count). The van der Waals surface area contributed by atoms with Crippen LogP contribution >= 0.6 is 0 Å². The quantitative estimate of drug-likeness (QED) is 0.772. The molecule has 0 radical (unpaired) electrons. The summed E-state index contributed by atoms with van der Waals surface area (Å²) in [6, 6.07) is 16.0. The summed E-state index contributed by atoms with van der Waals surface area (Å²) in [4.78, 5) is 13.4. The van der Waals surface area contributed by atoms with Crippen molar-refractivity contribution in [1.82, 2.24) is 20.3 Å². The highest BCUT2D eigenvalue weighted by Crippen LogP contribution is 2.11. The van der Waals surface area contributed by atoms with Crippen LogP contribution in [0.2, 0.25) is 0 Å². The summed E-state index contributed by atoms with van der Waals surface area (Å²) in [5.74, 6) is 0. The number of urea groups is 1. The molecule has 1 aromatic heterocycles. The molecule has 3 aromatic rings. The number of amides is 2. The molecule has 0 saturated heterocycles. The number of benzene rings is 2. The van der Waals surface area contributed by atoms with Crippen LogP contribution < -0.4 is 10.6 Å². The predicted octanol–water partition coefficient (Wildman–Crippen LogP) is 2.46. The number of hydrogen-bond acceptors (Lipinski definition) is 4. The Labute approximate surface area is 138 Å². The Morgan fingerprint density at radius 1 is 1.12 bits per heavy atom. The Morgan fingerprint density at radius 2 is 1.88 bits per heavy atom.